The normalized spacial score (nSPS) is 34.7. The SMILES string of the molecule is CCNC1CCCCC1CN1CCOC(CO)C1. The lowest BCUT2D eigenvalue weighted by Crippen LogP contribution is -2.49. The van der Waals surface area contributed by atoms with E-state index in [9.17, 15) is 5.11 Å². The molecular formula is C14H28N2O2. The summed E-state index contributed by atoms with van der Waals surface area (Å²) < 4.78 is 5.51. The minimum absolute atomic E-state index is 0.0277. The molecule has 1 saturated heterocycles. The number of hydrogen-bond donors (Lipinski definition) is 2. The third kappa shape index (κ3) is 3.92. The zero-order chi connectivity index (χ0) is 12.8. The van der Waals surface area contributed by atoms with Gasteiger partial charge in [-0.05, 0) is 25.3 Å². The first-order chi connectivity index (χ1) is 8.83. The van der Waals surface area contributed by atoms with Crippen molar-refractivity contribution in [2.75, 3.05) is 39.4 Å². The maximum Gasteiger partial charge on any atom is 0.0932 e. The van der Waals surface area contributed by atoms with E-state index < -0.39 is 0 Å². The highest BCUT2D eigenvalue weighted by Gasteiger charge is 2.28. The Hall–Kier alpha value is -0.160. The fourth-order valence-corrected chi connectivity index (χ4v) is 3.35. The molecule has 1 aliphatic heterocycles. The Bertz CT molecular complexity index is 236. The quantitative estimate of drug-likeness (QED) is 0.765. The van der Waals surface area contributed by atoms with E-state index in [4.69, 9.17) is 4.74 Å². The van der Waals surface area contributed by atoms with Gasteiger partial charge in [-0.1, -0.05) is 19.8 Å². The van der Waals surface area contributed by atoms with Crippen LogP contribution in [0.5, 0.6) is 0 Å². The molecule has 2 rings (SSSR count). The van der Waals surface area contributed by atoms with Crippen LogP contribution < -0.4 is 5.32 Å². The van der Waals surface area contributed by atoms with Crippen molar-refractivity contribution in [3.8, 4) is 0 Å². The Morgan fingerprint density at radius 1 is 1.33 bits per heavy atom. The molecule has 2 fully saturated rings. The molecule has 2 aliphatic rings. The van der Waals surface area contributed by atoms with Gasteiger partial charge in [0.15, 0.2) is 0 Å². The second kappa shape index (κ2) is 7.43. The lowest BCUT2D eigenvalue weighted by Gasteiger charge is -2.39. The van der Waals surface area contributed by atoms with Gasteiger partial charge in [0, 0.05) is 25.7 Å². The number of morpholine rings is 1. The largest absolute Gasteiger partial charge is 0.394 e. The van der Waals surface area contributed by atoms with Crippen LogP contribution in [-0.4, -0.2) is 61.5 Å². The summed E-state index contributed by atoms with van der Waals surface area (Å²) in [6, 6.07) is 0.694. The van der Waals surface area contributed by atoms with Gasteiger partial charge in [0.2, 0.25) is 0 Å². The topological polar surface area (TPSA) is 44.7 Å². The number of rotatable bonds is 5. The lowest BCUT2D eigenvalue weighted by molar-refractivity contribution is -0.0583. The number of nitrogens with one attached hydrogen (secondary N) is 1. The summed E-state index contributed by atoms with van der Waals surface area (Å²) >= 11 is 0. The summed E-state index contributed by atoms with van der Waals surface area (Å²) in [5.74, 6) is 0.774. The maximum absolute atomic E-state index is 9.19. The third-order valence-corrected chi connectivity index (χ3v) is 4.29. The van der Waals surface area contributed by atoms with Crippen molar-refractivity contribution in [2.24, 2.45) is 5.92 Å². The Morgan fingerprint density at radius 2 is 2.17 bits per heavy atom. The first-order valence-electron chi connectivity index (χ1n) is 7.51. The molecule has 0 radical (unpaired) electrons. The van der Waals surface area contributed by atoms with Gasteiger partial charge in [0.05, 0.1) is 19.3 Å². The van der Waals surface area contributed by atoms with E-state index in [0.29, 0.717) is 6.04 Å². The molecule has 0 aromatic heterocycles. The van der Waals surface area contributed by atoms with E-state index in [-0.39, 0.29) is 12.7 Å². The minimum atomic E-state index is 0.0277. The first kappa shape index (κ1) is 14.3. The van der Waals surface area contributed by atoms with Crippen molar-refractivity contribution < 1.29 is 9.84 Å². The van der Waals surface area contributed by atoms with E-state index in [1.807, 2.05) is 0 Å². The van der Waals surface area contributed by atoms with E-state index in [1.54, 1.807) is 0 Å². The van der Waals surface area contributed by atoms with Gasteiger partial charge in [0.1, 0.15) is 0 Å². The van der Waals surface area contributed by atoms with Crippen LogP contribution >= 0.6 is 0 Å². The molecule has 106 valence electrons. The molecule has 0 amide bonds. The molecule has 3 unspecified atom stereocenters. The van der Waals surface area contributed by atoms with Gasteiger partial charge in [-0.2, -0.15) is 0 Å². The highest BCUT2D eigenvalue weighted by Crippen LogP contribution is 2.25. The molecule has 0 aromatic rings. The Morgan fingerprint density at radius 3 is 2.94 bits per heavy atom. The maximum atomic E-state index is 9.19. The van der Waals surface area contributed by atoms with E-state index in [1.165, 1.54) is 25.7 Å². The van der Waals surface area contributed by atoms with Crippen molar-refractivity contribution in [3.63, 3.8) is 0 Å². The van der Waals surface area contributed by atoms with Crippen LogP contribution in [-0.2, 0) is 4.74 Å². The number of aliphatic hydroxyl groups excluding tert-OH is 1. The summed E-state index contributed by atoms with van der Waals surface area (Å²) in [5.41, 5.74) is 0. The molecule has 0 aromatic carbocycles. The Balaban J connectivity index is 1.82. The minimum Gasteiger partial charge on any atom is -0.394 e. The van der Waals surface area contributed by atoms with Gasteiger partial charge in [-0.15, -0.1) is 0 Å². The van der Waals surface area contributed by atoms with Gasteiger partial charge in [-0.25, -0.2) is 0 Å². The molecule has 2 N–H and O–H groups in total. The zero-order valence-corrected chi connectivity index (χ0v) is 11.6. The van der Waals surface area contributed by atoms with Crippen LogP contribution in [0.1, 0.15) is 32.6 Å². The molecule has 1 heterocycles. The van der Waals surface area contributed by atoms with Crippen LogP contribution in [0.15, 0.2) is 0 Å². The van der Waals surface area contributed by atoms with Crippen LogP contribution in [0.3, 0.4) is 0 Å². The van der Waals surface area contributed by atoms with E-state index >= 15 is 0 Å². The third-order valence-electron chi connectivity index (χ3n) is 4.29. The number of ether oxygens (including phenoxy) is 1. The summed E-state index contributed by atoms with van der Waals surface area (Å²) in [5, 5.41) is 12.8. The predicted octanol–water partition coefficient (Wildman–Crippen LogP) is 0.848. The summed E-state index contributed by atoms with van der Waals surface area (Å²) in [7, 11) is 0. The average molecular weight is 256 g/mol. The van der Waals surface area contributed by atoms with Crippen LogP contribution in [0.4, 0.5) is 0 Å². The fraction of sp³-hybridized carbons (Fsp3) is 1.00. The number of hydrogen-bond acceptors (Lipinski definition) is 4. The predicted molar refractivity (Wildman–Crippen MR) is 72.7 cm³/mol. The molecule has 4 heteroatoms. The highest BCUT2D eigenvalue weighted by atomic mass is 16.5. The number of aliphatic hydroxyl groups is 1. The standard InChI is InChI=1S/C14H28N2O2/c1-2-15-14-6-4-3-5-12(14)9-16-7-8-18-13(10-16)11-17/h12-15,17H,2-11H2,1H3. The molecular weight excluding hydrogens is 228 g/mol. The van der Waals surface area contributed by atoms with Crippen molar-refractivity contribution >= 4 is 0 Å². The van der Waals surface area contributed by atoms with Gasteiger partial charge in [0.25, 0.3) is 0 Å². The van der Waals surface area contributed by atoms with E-state index in [0.717, 1.165) is 38.7 Å². The smallest absolute Gasteiger partial charge is 0.0932 e. The molecule has 1 saturated carbocycles. The molecule has 1 aliphatic carbocycles. The zero-order valence-electron chi connectivity index (χ0n) is 11.6. The van der Waals surface area contributed by atoms with Crippen molar-refractivity contribution in [3.05, 3.63) is 0 Å². The molecule has 3 atom stereocenters. The number of nitrogens with zero attached hydrogens (tertiary/aromatic N) is 1. The second-order valence-corrected chi connectivity index (χ2v) is 5.64. The fourth-order valence-electron chi connectivity index (χ4n) is 3.35. The van der Waals surface area contributed by atoms with Crippen molar-refractivity contribution in [1.29, 1.82) is 0 Å². The van der Waals surface area contributed by atoms with Gasteiger partial charge in [-0.3, -0.25) is 4.90 Å². The van der Waals surface area contributed by atoms with Crippen molar-refractivity contribution in [1.82, 2.24) is 10.2 Å². The Labute approximate surface area is 111 Å². The average Bonchev–Trinajstić information content (AvgIpc) is 2.41. The van der Waals surface area contributed by atoms with Crippen molar-refractivity contribution in [2.45, 2.75) is 44.8 Å². The molecule has 4 nitrogen and oxygen atoms in total. The van der Waals surface area contributed by atoms with Gasteiger partial charge < -0.3 is 15.2 Å². The summed E-state index contributed by atoms with van der Waals surface area (Å²) in [4.78, 5) is 2.48. The van der Waals surface area contributed by atoms with Crippen LogP contribution in [0, 0.1) is 5.92 Å². The van der Waals surface area contributed by atoms with Crippen LogP contribution in [0.25, 0.3) is 0 Å². The molecule has 18 heavy (non-hydrogen) atoms. The summed E-state index contributed by atoms with van der Waals surface area (Å²) in [6.45, 7) is 7.27. The Kier molecular flexibility index (Phi) is 5.89. The van der Waals surface area contributed by atoms with Gasteiger partial charge >= 0.3 is 0 Å². The molecule has 0 spiro atoms. The lowest BCUT2D eigenvalue weighted by atomic mass is 9.84. The second-order valence-electron chi connectivity index (χ2n) is 5.64. The molecule has 0 bridgehead atoms. The monoisotopic (exact) mass is 256 g/mol. The summed E-state index contributed by atoms with van der Waals surface area (Å²) in [6.07, 6.45) is 5.45. The first-order valence-corrected chi connectivity index (χ1v) is 7.51. The highest BCUT2D eigenvalue weighted by molar-refractivity contribution is 4.84. The van der Waals surface area contributed by atoms with E-state index in [2.05, 4.69) is 17.1 Å². The van der Waals surface area contributed by atoms with Crippen LogP contribution in [0.2, 0.25) is 0 Å².